The first-order chi connectivity index (χ1) is 12.0. The van der Waals surface area contributed by atoms with Gasteiger partial charge < -0.3 is 10.6 Å². The van der Waals surface area contributed by atoms with E-state index in [2.05, 4.69) is 70.4 Å². The molecule has 0 aliphatic rings. The summed E-state index contributed by atoms with van der Waals surface area (Å²) in [7, 11) is 0. The van der Waals surface area contributed by atoms with Crippen molar-refractivity contribution in [3.63, 3.8) is 0 Å². The summed E-state index contributed by atoms with van der Waals surface area (Å²) in [5.41, 5.74) is 2.96. The van der Waals surface area contributed by atoms with Crippen LogP contribution in [0.15, 0.2) is 46.9 Å². The number of anilines is 4. The van der Waals surface area contributed by atoms with E-state index in [-0.39, 0.29) is 0 Å². The van der Waals surface area contributed by atoms with Gasteiger partial charge in [-0.3, -0.25) is 0 Å². The van der Waals surface area contributed by atoms with Gasteiger partial charge in [-0.25, -0.2) is 0 Å². The number of benzene rings is 2. The molecule has 2 aromatic carbocycles. The van der Waals surface area contributed by atoms with Crippen molar-refractivity contribution in [2.75, 3.05) is 10.6 Å². The van der Waals surface area contributed by atoms with Gasteiger partial charge in [0.1, 0.15) is 5.69 Å². The Labute approximate surface area is 167 Å². The predicted octanol–water partition coefficient (Wildman–Crippen LogP) is 4.91. The van der Waals surface area contributed by atoms with Crippen LogP contribution in [-0.2, 0) is 0 Å². The van der Waals surface area contributed by atoms with Crippen molar-refractivity contribution in [3.8, 4) is 6.07 Å². The third kappa shape index (κ3) is 4.43. The Kier molecular flexibility index (Phi) is 5.45. The summed E-state index contributed by atoms with van der Waals surface area (Å²) < 4.78 is 2.05. The van der Waals surface area contributed by atoms with Crippen molar-refractivity contribution in [2.45, 2.75) is 6.92 Å². The molecule has 3 rings (SSSR count). The minimum Gasteiger partial charge on any atom is -0.339 e. The molecule has 8 heteroatoms. The summed E-state index contributed by atoms with van der Waals surface area (Å²) in [6.45, 7) is 1.83. The standard InChI is InChI=1S/C17H12BrIN6/c1-10-16(21-13-5-2-11(9-20)3-6-13)23-17(25-24-10)22-15-7-4-12(19)8-14(15)18/h2-8H,1H3,(H2,21,22,23,25). The average molecular weight is 507 g/mol. The Hall–Kier alpha value is -2.25. The van der Waals surface area contributed by atoms with E-state index in [1.54, 1.807) is 12.1 Å². The van der Waals surface area contributed by atoms with Gasteiger partial charge in [0.05, 0.1) is 17.3 Å². The molecule has 0 spiro atoms. The van der Waals surface area contributed by atoms with Crippen LogP contribution in [-0.4, -0.2) is 15.2 Å². The number of hydrogen-bond donors (Lipinski definition) is 2. The quantitative estimate of drug-likeness (QED) is 0.489. The normalized spacial score (nSPS) is 10.2. The maximum atomic E-state index is 8.86. The van der Waals surface area contributed by atoms with E-state index in [4.69, 9.17) is 5.26 Å². The molecule has 2 N–H and O–H groups in total. The third-order valence-electron chi connectivity index (χ3n) is 3.31. The van der Waals surface area contributed by atoms with Gasteiger partial charge in [0.2, 0.25) is 5.95 Å². The maximum Gasteiger partial charge on any atom is 0.249 e. The highest BCUT2D eigenvalue weighted by molar-refractivity contribution is 14.1. The summed E-state index contributed by atoms with van der Waals surface area (Å²) >= 11 is 5.77. The second-order valence-corrected chi connectivity index (χ2v) is 7.23. The molecular weight excluding hydrogens is 495 g/mol. The maximum absolute atomic E-state index is 8.86. The van der Waals surface area contributed by atoms with Crippen LogP contribution in [0.25, 0.3) is 0 Å². The minimum absolute atomic E-state index is 0.392. The van der Waals surface area contributed by atoms with Crippen molar-refractivity contribution in [2.24, 2.45) is 0 Å². The summed E-state index contributed by atoms with van der Waals surface area (Å²) in [5, 5.41) is 23.4. The number of nitrogens with zero attached hydrogens (tertiary/aromatic N) is 4. The first kappa shape index (κ1) is 17.6. The molecule has 124 valence electrons. The van der Waals surface area contributed by atoms with E-state index in [0.717, 1.165) is 19.4 Å². The Morgan fingerprint density at radius 3 is 2.52 bits per heavy atom. The van der Waals surface area contributed by atoms with Crippen LogP contribution in [0.2, 0.25) is 0 Å². The van der Waals surface area contributed by atoms with Gasteiger partial charge in [-0.05, 0) is 87.9 Å². The van der Waals surface area contributed by atoms with Crippen molar-refractivity contribution in [1.82, 2.24) is 15.2 Å². The lowest BCUT2D eigenvalue weighted by Gasteiger charge is -2.11. The number of nitriles is 1. The van der Waals surface area contributed by atoms with Gasteiger partial charge in [0.15, 0.2) is 5.82 Å². The highest BCUT2D eigenvalue weighted by Gasteiger charge is 2.08. The Morgan fingerprint density at radius 1 is 1.08 bits per heavy atom. The van der Waals surface area contributed by atoms with Crippen LogP contribution in [0, 0.1) is 21.8 Å². The zero-order chi connectivity index (χ0) is 17.8. The molecule has 25 heavy (non-hydrogen) atoms. The lowest BCUT2D eigenvalue weighted by molar-refractivity contribution is 0.939. The Balaban J connectivity index is 1.83. The fraction of sp³-hybridized carbons (Fsp3) is 0.0588. The summed E-state index contributed by atoms with van der Waals surface area (Å²) in [5.74, 6) is 0.993. The molecule has 0 saturated carbocycles. The first-order valence-corrected chi connectivity index (χ1v) is 9.13. The van der Waals surface area contributed by atoms with E-state index in [0.29, 0.717) is 23.0 Å². The summed E-state index contributed by atoms with van der Waals surface area (Å²) in [6, 6.07) is 15.2. The smallest absolute Gasteiger partial charge is 0.249 e. The van der Waals surface area contributed by atoms with Crippen molar-refractivity contribution in [1.29, 1.82) is 5.26 Å². The van der Waals surface area contributed by atoms with E-state index in [1.165, 1.54) is 0 Å². The molecule has 0 amide bonds. The van der Waals surface area contributed by atoms with Crippen molar-refractivity contribution in [3.05, 3.63) is 61.8 Å². The van der Waals surface area contributed by atoms with Crippen LogP contribution in [0.4, 0.5) is 23.1 Å². The molecule has 3 aromatic rings. The fourth-order valence-corrected chi connectivity index (χ4v) is 3.42. The molecule has 1 heterocycles. The molecule has 0 aliphatic heterocycles. The van der Waals surface area contributed by atoms with Gasteiger partial charge in [-0.1, -0.05) is 0 Å². The molecule has 0 atom stereocenters. The summed E-state index contributed by atoms with van der Waals surface area (Å²) in [4.78, 5) is 4.49. The van der Waals surface area contributed by atoms with Gasteiger partial charge >= 0.3 is 0 Å². The topological polar surface area (TPSA) is 86.5 Å². The van der Waals surface area contributed by atoms with Gasteiger partial charge in [0.25, 0.3) is 0 Å². The van der Waals surface area contributed by atoms with Crippen LogP contribution in [0.5, 0.6) is 0 Å². The lowest BCUT2D eigenvalue weighted by Crippen LogP contribution is -2.05. The molecule has 6 nitrogen and oxygen atoms in total. The molecule has 0 fully saturated rings. The van der Waals surface area contributed by atoms with Crippen LogP contribution in [0.3, 0.4) is 0 Å². The van der Waals surface area contributed by atoms with E-state index < -0.39 is 0 Å². The Morgan fingerprint density at radius 2 is 1.84 bits per heavy atom. The number of halogens is 2. The van der Waals surface area contributed by atoms with Crippen LogP contribution in [0.1, 0.15) is 11.3 Å². The van der Waals surface area contributed by atoms with E-state index in [1.807, 2.05) is 37.3 Å². The molecule has 0 bridgehead atoms. The average Bonchev–Trinajstić information content (AvgIpc) is 2.61. The molecular formula is C17H12BrIN6. The monoisotopic (exact) mass is 506 g/mol. The van der Waals surface area contributed by atoms with Crippen LogP contribution < -0.4 is 10.6 Å². The largest absolute Gasteiger partial charge is 0.339 e. The lowest BCUT2D eigenvalue weighted by atomic mass is 10.2. The SMILES string of the molecule is Cc1nnc(Nc2ccc(I)cc2Br)nc1Nc1ccc(C#N)cc1. The van der Waals surface area contributed by atoms with Gasteiger partial charge in [-0.15, -0.1) is 10.2 Å². The molecule has 0 saturated heterocycles. The number of rotatable bonds is 4. The fourth-order valence-electron chi connectivity index (χ4n) is 2.03. The van der Waals surface area contributed by atoms with Crippen molar-refractivity contribution >= 4 is 61.7 Å². The third-order valence-corrected chi connectivity index (χ3v) is 4.64. The highest BCUT2D eigenvalue weighted by atomic mass is 127. The predicted molar refractivity (Wildman–Crippen MR) is 109 cm³/mol. The van der Waals surface area contributed by atoms with Gasteiger partial charge in [0, 0.05) is 13.7 Å². The first-order valence-electron chi connectivity index (χ1n) is 7.26. The number of hydrogen-bond acceptors (Lipinski definition) is 6. The molecule has 0 aliphatic carbocycles. The minimum atomic E-state index is 0.392. The van der Waals surface area contributed by atoms with E-state index in [9.17, 15) is 0 Å². The molecule has 0 radical (unpaired) electrons. The van der Waals surface area contributed by atoms with Crippen molar-refractivity contribution < 1.29 is 0 Å². The van der Waals surface area contributed by atoms with E-state index >= 15 is 0 Å². The Bertz CT molecular complexity index is 952. The second kappa shape index (κ2) is 7.76. The highest BCUT2D eigenvalue weighted by Crippen LogP contribution is 2.27. The number of aryl methyl sites for hydroxylation is 1. The zero-order valence-corrected chi connectivity index (χ0v) is 16.8. The second-order valence-electron chi connectivity index (χ2n) is 5.13. The number of nitrogens with one attached hydrogen (secondary N) is 2. The number of aromatic nitrogens is 3. The summed E-state index contributed by atoms with van der Waals surface area (Å²) in [6.07, 6.45) is 0. The van der Waals surface area contributed by atoms with Gasteiger partial charge in [-0.2, -0.15) is 10.2 Å². The molecule has 0 unspecified atom stereocenters. The molecule has 1 aromatic heterocycles. The zero-order valence-electron chi connectivity index (χ0n) is 13.1. The van der Waals surface area contributed by atoms with Crippen LogP contribution >= 0.6 is 38.5 Å².